The molecule has 0 aromatic heterocycles. The van der Waals surface area contributed by atoms with Crippen LogP contribution < -0.4 is 4.74 Å². The van der Waals surface area contributed by atoms with Crippen LogP contribution in [-0.4, -0.2) is 18.0 Å². The van der Waals surface area contributed by atoms with Crippen molar-refractivity contribution >= 4 is 5.78 Å². The van der Waals surface area contributed by atoms with E-state index in [0.717, 1.165) is 0 Å². The third-order valence-corrected chi connectivity index (χ3v) is 2.55. The zero-order chi connectivity index (χ0) is 11.4. The zero-order valence-corrected chi connectivity index (χ0v) is 9.23. The smallest absolute Gasteiger partial charge is 0.135 e. The minimum absolute atomic E-state index is 0.0229. The minimum atomic E-state index is -0.766. The van der Waals surface area contributed by atoms with Gasteiger partial charge in [0.25, 0.3) is 0 Å². The van der Waals surface area contributed by atoms with Crippen molar-refractivity contribution < 1.29 is 14.6 Å². The first-order valence-corrected chi connectivity index (χ1v) is 4.88. The summed E-state index contributed by atoms with van der Waals surface area (Å²) >= 11 is 0. The molecule has 0 bridgehead atoms. The second-order valence-corrected chi connectivity index (χ2v) is 3.62. The van der Waals surface area contributed by atoms with E-state index in [9.17, 15) is 9.90 Å². The number of aliphatic hydroxyl groups excluding tert-OH is 1. The molecule has 0 spiro atoms. The number of Topliss-reactive ketones (excluding diaryl/α,β-unsaturated/α-hetero) is 1. The summed E-state index contributed by atoms with van der Waals surface area (Å²) in [5.41, 5.74) is 0.706. The van der Waals surface area contributed by atoms with Gasteiger partial charge in [-0.3, -0.25) is 4.79 Å². The van der Waals surface area contributed by atoms with Crippen molar-refractivity contribution in [3.63, 3.8) is 0 Å². The fourth-order valence-corrected chi connectivity index (χ4v) is 1.34. The number of benzene rings is 1. The Balaban J connectivity index is 2.90. The lowest BCUT2D eigenvalue weighted by molar-refractivity contribution is -0.123. The summed E-state index contributed by atoms with van der Waals surface area (Å²) in [5.74, 6) is 0.268. The standard InChI is InChI=1S/C12H16O3/c1-8(9(2)13)12(14)10-5-4-6-11(7-10)15-3/h4-8,12,14H,1-3H3. The van der Waals surface area contributed by atoms with E-state index in [2.05, 4.69) is 0 Å². The van der Waals surface area contributed by atoms with E-state index >= 15 is 0 Å². The van der Waals surface area contributed by atoms with E-state index in [0.29, 0.717) is 11.3 Å². The molecule has 0 aliphatic heterocycles. The molecule has 82 valence electrons. The van der Waals surface area contributed by atoms with Crippen molar-refractivity contribution in [2.75, 3.05) is 7.11 Å². The maximum Gasteiger partial charge on any atom is 0.135 e. The number of rotatable bonds is 4. The van der Waals surface area contributed by atoms with Crippen molar-refractivity contribution in [1.82, 2.24) is 0 Å². The summed E-state index contributed by atoms with van der Waals surface area (Å²) in [5, 5.41) is 9.90. The Labute approximate surface area is 89.7 Å². The molecule has 0 aliphatic carbocycles. The van der Waals surface area contributed by atoms with Crippen LogP contribution in [0.2, 0.25) is 0 Å². The Hall–Kier alpha value is -1.35. The van der Waals surface area contributed by atoms with Crippen molar-refractivity contribution in [1.29, 1.82) is 0 Å². The zero-order valence-electron chi connectivity index (χ0n) is 9.23. The van der Waals surface area contributed by atoms with Gasteiger partial charge in [0, 0.05) is 5.92 Å². The maximum absolute atomic E-state index is 11.1. The number of ether oxygens (including phenoxy) is 1. The number of carbonyl (C=O) groups excluding carboxylic acids is 1. The molecule has 2 atom stereocenters. The van der Waals surface area contributed by atoms with Gasteiger partial charge in [0.05, 0.1) is 13.2 Å². The summed E-state index contributed by atoms with van der Waals surface area (Å²) in [7, 11) is 1.57. The van der Waals surface area contributed by atoms with Crippen LogP contribution in [0.15, 0.2) is 24.3 Å². The van der Waals surface area contributed by atoms with Crippen LogP contribution in [0.4, 0.5) is 0 Å². The number of carbonyl (C=O) groups is 1. The summed E-state index contributed by atoms with van der Waals surface area (Å²) in [4.78, 5) is 11.1. The van der Waals surface area contributed by atoms with Crippen LogP contribution in [0, 0.1) is 5.92 Å². The average molecular weight is 208 g/mol. The molecule has 0 aliphatic rings. The number of hydrogen-bond acceptors (Lipinski definition) is 3. The van der Waals surface area contributed by atoms with Crippen molar-refractivity contribution in [2.45, 2.75) is 20.0 Å². The molecule has 0 amide bonds. The highest BCUT2D eigenvalue weighted by atomic mass is 16.5. The first-order valence-electron chi connectivity index (χ1n) is 4.88. The number of aliphatic hydroxyl groups is 1. The van der Waals surface area contributed by atoms with Gasteiger partial charge in [0.15, 0.2) is 0 Å². The lowest BCUT2D eigenvalue weighted by atomic mass is 9.94. The van der Waals surface area contributed by atoms with E-state index in [1.165, 1.54) is 6.92 Å². The second-order valence-electron chi connectivity index (χ2n) is 3.62. The quantitative estimate of drug-likeness (QED) is 0.822. The van der Waals surface area contributed by atoms with Crippen LogP contribution in [0.5, 0.6) is 5.75 Å². The first kappa shape index (κ1) is 11.7. The SMILES string of the molecule is COc1cccc(C(O)C(C)C(C)=O)c1. The molecule has 1 N–H and O–H groups in total. The molecule has 0 heterocycles. The van der Waals surface area contributed by atoms with Gasteiger partial charge >= 0.3 is 0 Å². The lowest BCUT2D eigenvalue weighted by Gasteiger charge is -2.16. The molecule has 1 aromatic carbocycles. The molecule has 2 unspecified atom stereocenters. The van der Waals surface area contributed by atoms with Crippen LogP contribution in [0.1, 0.15) is 25.5 Å². The molecular weight excluding hydrogens is 192 g/mol. The summed E-state index contributed by atoms with van der Waals surface area (Å²) in [6.45, 7) is 3.19. The molecule has 0 saturated heterocycles. The van der Waals surface area contributed by atoms with Crippen LogP contribution >= 0.6 is 0 Å². The highest BCUT2D eigenvalue weighted by Gasteiger charge is 2.20. The molecule has 0 radical (unpaired) electrons. The Bertz CT molecular complexity index is 346. The fourth-order valence-electron chi connectivity index (χ4n) is 1.34. The Morgan fingerprint density at radius 1 is 1.47 bits per heavy atom. The van der Waals surface area contributed by atoms with Crippen molar-refractivity contribution in [3.8, 4) is 5.75 Å². The summed E-state index contributed by atoms with van der Waals surface area (Å²) in [6.07, 6.45) is -0.766. The Kier molecular flexibility index (Phi) is 3.86. The predicted octanol–water partition coefficient (Wildman–Crippen LogP) is 1.95. The van der Waals surface area contributed by atoms with Crippen LogP contribution in [-0.2, 0) is 4.79 Å². The molecule has 1 aromatic rings. The Morgan fingerprint density at radius 2 is 2.13 bits per heavy atom. The van der Waals surface area contributed by atoms with Crippen molar-refractivity contribution in [3.05, 3.63) is 29.8 Å². The van der Waals surface area contributed by atoms with E-state index in [1.807, 2.05) is 0 Å². The monoisotopic (exact) mass is 208 g/mol. The highest BCUT2D eigenvalue weighted by molar-refractivity contribution is 5.78. The van der Waals surface area contributed by atoms with Crippen LogP contribution in [0.3, 0.4) is 0 Å². The van der Waals surface area contributed by atoms with Gasteiger partial charge in [0.1, 0.15) is 11.5 Å². The third-order valence-electron chi connectivity index (χ3n) is 2.55. The minimum Gasteiger partial charge on any atom is -0.497 e. The fraction of sp³-hybridized carbons (Fsp3) is 0.417. The van der Waals surface area contributed by atoms with Gasteiger partial charge in [0.2, 0.25) is 0 Å². The van der Waals surface area contributed by atoms with Gasteiger partial charge < -0.3 is 9.84 Å². The number of methoxy groups -OCH3 is 1. The largest absolute Gasteiger partial charge is 0.497 e. The topological polar surface area (TPSA) is 46.5 Å². The van der Waals surface area contributed by atoms with Gasteiger partial charge in [-0.05, 0) is 24.6 Å². The molecule has 3 heteroatoms. The van der Waals surface area contributed by atoms with E-state index in [-0.39, 0.29) is 5.78 Å². The normalized spacial score (nSPS) is 14.4. The molecule has 15 heavy (non-hydrogen) atoms. The Morgan fingerprint density at radius 3 is 2.67 bits per heavy atom. The van der Waals surface area contributed by atoms with Crippen molar-refractivity contribution in [2.24, 2.45) is 5.92 Å². The van der Waals surface area contributed by atoms with Gasteiger partial charge in [-0.15, -0.1) is 0 Å². The number of hydrogen-bond donors (Lipinski definition) is 1. The average Bonchev–Trinajstić information content (AvgIpc) is 2.27. The maximum atomic E-state index is 11.1. The van der Waals surface area contributed by atoms with E-state index < -0.39 is 12.0 Å². The van der Waals surface area contributed by atoms with Gasteiger partial charge in [-0.25, -0.2) is 0 Å². The predicted molar refractivity (Wildman–Crippen MR) is 57.8 cm³/mol. The number of ketones is 1. The third kappa shape index (κ3) is 2.80. The summed E-state index contributed by atoms with van der Waals surface area (Å²) < 4.78 is 5.05. The van der Waals surface area contributed by atoms with E-state index in [1.54, 1.807) is 38.3 Å². The lowest BCUT2D eigenvalue weighted by Crippen LogP contribution is -2.16. The van der Waals surface area contributed by atoms with Crippen LogP contribution in [0.25, 0.3) is 0 Å². The summed E-state index contributed by atoms with van der Waals surface area (Å²) in [6, 6.07) is 7.12. The van der Waals surface area contributed by atoms with E-state index in [4.69, 9.17) is 4.74 Å². The highest BCUT2D eigenvalue weighted by Crippen LogP contribution is 2.25. The molecular formula is C12H16O3. The van der Waals surface area contributed by atoms with Gasteiger partial charge in [-0.2, -0.15) is 0 Å². The van der Waals surface area contributed by atoms with Gasteiger partial charge in [-0.1, -0.05) is 19.1 Å². The first-order chi connectivity index (χ1) is 7.06. The molecule has 1 rings (SSSR count). The molecule has 3 nitrogen and oxygen atoms in total. The molecule has 0 saturated carbocycles. The second kappa shape index (κ2) is 4.94. The molecule has 0 fully saturated rings.